The van der Waals surface area contributed by atoms with Crippen molar-refractivity contribution >= 4 is 19.8 Å². The fourth-order valence-electron chi connectivity index (χ4n) is 6.83. The molecule has 0 bridgehead atoms. The van der Waals surface area contributed by atoms with Gasteiger partial charge in [-0.3, -0.25) is 18.6 Å². The molecule has 0 radical (unpaired) electrons. The lowest BCUT2D eigenvalue weighted by Gasteiger charge is -2.20. The normalized spacial score (nSPS) is 14.0. The van der Waals surface area contributed by atoms with Gasteiger partial charge in [0.2, 0.25) is 0 Å². The zero-order valence-electron chi connectivity index (χ0n) is 38.4. The minimum Gasteiger partial charge on any atom is -0.457 e. The van der Waals surface area contributed by atoms with Crippen LogP contribution in [0.3, 0.4) is 0 Å². The van der Waals surface area contributed by atoms with Gasteiger partial charge in [-0.2, -0.15) is 0 Å². The van der Waals surface area contributed by atoms with Crippen molar-refractivity contribution in [2.45, 2.75) is 238 Å². The van der Waals surface area contributed by atoms with Crippen LogP contribution in [0.25, 0.3) is 0 Å². The third kappa shape index (κ3) is 42.9. The number of phosphoric acid groups is 1. The highest BCUT2D eigenvalue weighted by atomic mass is 31.2. The summed E-state index contributed by atoms with van der Waals surface area (Å²) < 4.78 is 32.7. The van der Waals surface area contributed by atoms with E-state index in [4.69, 9.17) is 18.5 Å². The Morgan fingerprint density at radius 3 is 1.08 bits per heavy atom. The molecule has 11 heteroatoms. The van der Waals surface area contributed by atoms with Crippen LogP contribution in [0.1, 0.15) is 226 Å². The van der Waals surface area contributed by atoms with Crippen molar-refractivity contribution in [1.29, 1.82) is 0 Å². The molecule has 3 unspecified atom stereocenters. The number of hydrogen-bond acceptors (Lipinski definition) is 9. The molecule has 0 amide bonds. The molecule has 0 rings (SSSR count). The van der Waals surface area contributed by atoms with Crippen molar-refractivity contribution in [1.82, 2.24) is 0 Å². The van der Waals surface area contributed by atoms with E-state index in [1.807, 2.05) is 0 Å². The summed E-state index contributed by atoms with van der Waals surface area (Å²) in [4.78, 5) is 34.6. The maximum absolute atomic E-state index is 12.4. The highest BCUT2D eigenvalue weighted by molar-refractivity contribution is 7.47. The van der Waals surface area contributed by atoms with E-state index in [1.165, 1.54) is 116 Å². The standard InChI is InChI=1S/C49H91O10P/c1-3-5-7-9-11-13-15-17-19-21-23-25-27-29-31-33-35-37-39-41-49(53)59-47(43-51)45-57-60(54,55)56-44-46(42-50)58-48(52)40-38-36-34-32-30-28-26-24-22-20-18-16-14-12-10-8-6-4-2/h11,13,17,19,23,25,46-47,50-51H,3-10,12,14-16,18,20-22,24,26-45H2,1-2H3,(H,54,55)/b13-11-,19-17-,25-23-. The molecule has 0 aliphatic rings. The Balaban J connectivity index is 3.87. The summed E-state index contributed by atoms with van der Waals surface area (Å²) in [5.74, 6) is -1.02. The van der Waals surface area contributed by atoms with E-state index in [-0.39, 0.29) is 12.8 Å². The fraction of sp³-hybridized carbons (Fsp3) is 0.837. The van der Waals surface area contributed by atoms with E-state index in [0.717, 1.165) is 70.6 Å². The van der Waals surface area contributed by atoms with E-state index in [1.54, 1.807) is 0 Å². The van der Waals surface area contributed by atoms with Gasteiger partial charge < -0.3 is 24.6 Å². The number of rotatable bonds is 46. The smallest absolute Gasteiger partial charge is 0.457 e. The van der Waals surface area contributed by atoms with Crippen LogP contribution in [0, 0.1) is 0 Å². The number of hydrogen-bond donors (Lipinski definition) is 3. The zero-order chi connectivity index (χ0) is 44.0. The lowest BCUT2D eigenvalue weighted by Crippen LogP contribution is -2.28. The molecule has 0 aromatic carbocycles. The highest BCUT2D eigenvalue weighted by Crippen LogP contribution is 2.43. The van der Waals surface area contributed by atoms with Crippen molar-refractivity contribution in [2.24, 2.45) is 0 Å². The van der Waals surface area contributed by atoms with Gasteiger partial charge in [0.1, 0.15) is 12.2 Å². The lowest BCUT2D eigenvalue weighted by atomic mass is 10.0. The summed E-state index contributed by atoms with van der Waals surface area (Å²) in [5.41, 5.74) is 0. The summed E-state index contributed by atoms with van der Waals surface area (Å²) >= 11 is 0. The SMILES string of the molecule is CCCCC/C=C\C/C=C\C/C=C\CCCCCCCCC(=O)OC(CO)COP(=O)(O)OCC(CO)OC(=O)CCCCCCCCCCCCCCCCCCCC. The van der Waals surface area contributed by atoms with Crippen LogP contribution in [0.5, 0.6) is 0 Å². The van der Waals surface area contributed by atoms with Gasteiger partial charge in [0, 0.05) is 12.8 Å². The quantitative estimate of drug-likeness (QED) is 0.0234. The van der Waals surface area contributed by atoms with Crippen molar-refractivity contribution < 1.29 is 47.8 Å². The fourth-order valence-corrected chi connectivity index (χ4v) is 7.61. The molecule has 0 aliphatic carbocycles. The number of unbranched alkanes of at least 4 members (excludes halogenated alkanes) is 26. The Bertz CT molecular complexity index is 1090. The molecule has 0 spiro atoms. The van der Waals surface area contributed by atoms with Crippen molar-refractivity contribution in [2.75, 3.05) is 26.4 Å². The number of esters is 2. The minimum absolute atomic E-state index is 0.178. The third-order valence-corrected chi connectivity index (χ3v) is 11.6. The third-order valence-electron chi connectivity index (χ3n) is 10.6. The zero-order valence-corrected chi connectivity index (χ0v) is 39.3. The van der Waals surface area contributed by atoms with Crippen LogP contribution in [-0.2, 0) is 32.7 Å². The molecule has 0 fully saturated rings. The Labute approximate surface area is 367 Å². The topological polar surface area (TPSA) is 149 Å². The van der Waals surface area contributed by atoms with Gasteiger partial charge in [0.25, 0.3) is 0 Å². The number of phosphoric ester groups is 1. The number of carbonyl (C=O) groups is 2. The summed E-state index contributed by atoms with van der Waals surface area (Å²) in [5, 5.41) is 19.2. The van der Waals surface area contributed by atoms with E-state index in [2.05, 4.69) is 50.3 Å². The van der Waals surface area contributed by atoms with Gasteiger partial charge in [-0.25, -0.2) is 4.57 Å². The average molecular weight is 871 g/mol. The molecular formula is C49H91O10P. The first-order valence-corrected chi connectivity index (χ1v) is 25.9. The van der Waals surface area contributed by atoms with Crippen LogP contribution in [0.2, 0.25) is 0 Å². The summed E-state index contributed by atoms with van der Waals surface area (Å²) in [6.45, 7) is 2.20. The molecular weight excluding hydrogens is 780 g/mol. The number of allylic oxidation sites excluding steroid dienone is 6. The van der Waals surface area contributed by atoms with E-state index in [0.29, 0.717) is 12.8 Å². The molecule has 0 aromatic heterocycles. The maximum atomic E-state index is 12.4. The minimum atomic E-state index is -4.64. The average Bonchev–Trinajstić information content (AvgIpc) is 3.24. The highest BCUT2D eigenvalue weighted by Gasteiger charge is 2.27. The Morgan fingerprint density at radius 1 is 0.450 bits per heavy atom. The van der Waals surface area contributed by atoms with E-state index < -0.39 is 58.4 Å². The second-order valence-electron chi connectivity index (χ2n) is 16.5. The second kappa shape index (κ2) is 45.2. The number of aliphatic hydroxyl groups is 2. The molecule has 10 nitrogen and oxygen atoms in total. The molecule has 0 aliphatic heterocycles. The van der Waals surface area contributed by atoms with Crippen LogP contribution in [-0.4, -0.2) is 65.7 Å². The van der Waals surface area contributed by atoms with Crippen molar-refractivity contribution in [3.8, 4) is 0 Å². The lowest BCUT2D eigenvalue weighted by molar-refractivity contribution is -0.153. The predicted octanol–water partition coefficient (Wildman–Crippen LogP) is 13.5. The van der Waals surface area contributed by atoms with Crippen molar-refractivity contribution in [3.63, 3.8) is 0 Å². The maximum Gasteiger partial charge on any atom is 0.472 e. The number of aliphatic hydroxyl groups excluding tert-OH is 2. The van der Waals surface area contributed by atoms with Crippen LogP contribution < -0.4 is 0 Å². The Kier molecular flexibility index (Phi) is 43.9. The molecule has 0 saturated carbocycles. The van der Waals surface area contributed by atoms with Gasteiger partial charge in [-0.15, -0.1) is 0 Å². The number of carbonyl (C=O) groups excluding carboxylic acids is 2. The predicted molar refractivity (Wildman–Crippen MR) is 247 cm³/mol. The second-order valence-corrected chi connectivity index (χ2v) is 17.9. The first kappa shape index (κ1) is 58.2. The molecule has 0 aromatic rings. The van der Waals surface area contributed by atoms with Gasteiger partial charge in [0.05, 0.1) is 26.4 Å². The molecule has 0 heterocycles. The van der Waals surface area contributed by atoms with Crippen LogP contribution in [0.15, 0.2) is 36.5 Å². The monoisotopic (exact) mass is 871 g/mol. The summed E-state index contributed by atoms with van der Waals surface area (Å²) in [6.07, 6.45) is 48.2. The Morgan fingerprint density at radius 2 is 0.733 bits per heavy atom. The Hall–Kier alpha value is -1.81. The first-order chi connectivity index (χ1) is 29.3. The largest absolute Gasteiger partial charge is 0.472 e. The number of ether oxygens (including phenoxy) is 2. The van der Waals surface area contributed by atoms with E-state index >= 15 is 0 Å². The van der Waals surface area contributed by atoms with Crippen molar-refractivity contribution in [3.05, 3.63) is 36.5 Å². The molecule has 352 valence electrons. The summed E-state index contributed by atoms with van der Waals surface area (Å²) in [6, 6.07) is 0. The molecule has 3 N–H and O–H groups in total. The van der Waals surface area contributed by atoms with Crippen LogP contribution in [0.4, 0.5) is 0 Å². The summed E-state index contributed by atoms with van der Waals surface area (Å²) in [7, 11) is -4.64. The molecule has 3 atom stereocenters. The molecule has 0 saturated heterocycles. The molecule has 60 heavy (non-hydrogen) atoms. The van der Waals surface area contributed by atoms with Gasteiger partial charge in [0.15, 0.2) is 0 Å². The van der Waals surface area contributed by atoms with Gasteiger partial charge in [-0.1, -0.05) is 198 Å². The van der Waals surface area contributed by atoms with Gasteiger partial charge in [-0.05, 0) is 51.4 Å². The van der Waals surface area contributed by atoms with E-state index in [9.17, 15) is 29.3 Å². The first-order valence-electron chi connectivity index (χ1n) is 24.4. The van der Waals surface area contributed by atoms with Crippen LogP contribution >= 0.6 is 7.82 Å². The van der Waals surface area contributed by atoms with Gasteiger partial charge >= 0.3 is 19.8 Å².